The van der Waals surface area contributed by atoms with E-state index in [1.54, 1.807) is 4.90 Å². The molecule has 31 heavy (non-hydrogen) atoms. The molecule has 3 aliphatic heterocycles. The number of aryl methyl sites for hydroxylation is 1. The van der Waals surface area contributed by atoms with E-state index in [9.17, 15) is 14.9 Å². The zero-order chi connectivity index (χ0) is 21.7. The first-order valence-corrected chi connectivity index (χ1v) is 11.0. The maximum absolute atomic E-state index is 13.3. The summed E-state index contributed by atoms with van der Waals surface area (Å²) >= 11 is 0. The normalized spacial score (nSPS) is 30.4. The van der Waals surface area contributed by atoms with Crippen molar-refractivity contribution in [1.82, 2.24) is 14.7 Å². The second kappa shape index (κ2) is 7.64. The van der Waals surface area contributed by atoms with Crippen molar-refractivity contribution in [3.05, 3.63) is 40.7 Å². The number of hydrogen-bond donors (Lipinski definition) is 1. The highest BCUT2D eigenvalue weighted by Gasteiger charge is 2.53. The predicted molar refractivity (Wildman–Crippen MR) is 113 cm³/mol. The highest BCUT2D eigenvalue weighted by Crippen LogP contribution is 2.44. The van der Waals surface area contributed by atoms with Gasteiger partial charge < -0.3 is 15.5 Å². The van der Waals surface area contributed by atoms with Crippen molar-refractivity contribution >= 4 is 17.5 Å². The minimum Gasteiger partial charge on any atom is -0.330 e. The molecular formula is C23H26N6O2. The first-order chi connectivity index (χ1) is 15.0. The molecule has 0 spiro atoms. The molecular weight excluding hydrogens is 392 g/mol. The van der Waals surface area contributed by atoms with Crippen LogP contribution in [0.5, 0.6) is 0 Å². The third-order valence-electron chi connectivity index (χ3n) is 7.39. The van der Waals surface area contributed by atoms with Crippen LogP contribution >= 0.6 is 0 Å². The highest BCUT2D eigenvalue weighted by atomic mass is 16.2. The van der Waals surface area contributed by atoms with E-state index in [2.05, 4.69) is 15.8 Å². The highest BCUT2D eigenvalue weighted by molar-refractivity contribution is 5.87. The van der Waals surface area contributed by atoms with E-state index in [0.717, 1.165) is 32.2 Å². The molecule has 3 heterocycles. The molecule has 5 atom stereocenters. The van der Waals surface area contributed by atoms with Crippen LogP contribution in [0.1, 0.15) is 42.9 Å². The van der Waals surface area contributed by atoms with Crippen LogP contribution in [-0.4, -0.2) is 70.3 Å². The van der Waals surface area contributed by atoms with Gasteiger partial charge in [-0.15, -0.1) is 0 Å². The summed E-state index contributed by atoms with van der Waals surface area (Å²) in [5, 5.41) is 9.24. The molecule has 8 heteroatoms. The summed E-state index contributed by atoms with van der Waals surface area (Å²) in [7, 11) is 0. The molecule has 2 amide bonds. The van der Waals surface area contributed by atoms with E-state index < -0.39 is 6.04 Å². The summed E-state index contributed by atoms with van der Waals surface area (Å²) < 4.78 is 0. The van der Waals surface area contributed by atoms with Gasteiger partial charge in [-0.25, -0.2) is 4.85 Å². The molecule has 8 nitrogen and oxygen atoms in total. The summed E-state index contributed by atoms with van der Waals surface area (Å²) in [6, 6.07) is 6.89. The lowest BCUT2D eigenvalue weighted by Gasteiger charge is -2.38. The van der Waals surface area contributed by atoms with Crippen molar-refractivity contribution in [1.29, 1.82) is 5.26 Å². The number of rotatable bonds is 4. The molecule has 0 unspecified atom stereocenters. The number of fused-ring (bicyclic) bond motifs is 3. The third-order valence-corrected chi connectivity index (χ3v) is 7.39. The van der Waals surface area contributed by atoms with Crippen molar-refractivity contribution in [3.63, 3.8) is 0 Å². The molecule has 2 bridgehead atoms. The average molecular weight is 419 g/mol. The van der Waals surface area contributed by atoms with Gasteiger partial charge in [0.1, 0.15) is 6.04 Å². The predicted octanol–water partition coefficient (Wildman–Crippen LogP) is 1.35. The molecule has 4 aliphatic rings. The molecule has 3 fully saturated rings. The van der Waals surface area contributed by atoms with Crippen LogP contribution in [-0.2, 0) is 16.0 Å². The van der Waals surface area contributed by atoms with Crippen LogP contribution in [0.3, 0.4) is 0 Å². The largest absolute Gasteiger partial charge is 0.330 e. The van der Waals surface area contributed by atoms with Gasteiger partial charge >= 0.3 is 0 Å². The summed E-state index contributed by atoms with van der Waals surface area (Å²) in [4.78, 5) is 35.2. The number of nitrogens with zero attached hydrogens (tertiary/aromatic N) is 5. The van der Waals surface area contributed by atoms with Gasteiger partial charge in [0.15, 0.2) is 5.69 Å². The smallest absolute Gasteiger partial charge is 0.241 e. The number of carbonyl (C=O) groups is 2. The molecule has 5 rings (SSSR count). The number of hydrogen-bond acceptors (Lipinski definition) is 5. The van der Waals surface area contributed by atoms with E-state index >= 15 is 0 Å². The summed E-state index contributed by atoms with van der Waals surface area (Å²) in [6.45, 7) is 8.87. The van der Waals surface area contributed by atoms with Gasteiger partial charge in [0.25, 0.3) is 0 Å². The van der Waals surface area contributed by atoms with E-state index in [0.29, 0.717) is 25.2 Å². The fraction of sp³-hybridized carbons (Fsp3) is 0.565. The van der Waals surface area contributed by atoms with Crippen molar-refractivity contribution < 1.29 is 9.59 Å². The first-order valence-electron chi connectivity index (χ1n) is 11.0. The van der Waals surface area contributed by atoms with E-state index in [1.807, 2.05) is 23.1 Å². The van der Waals surface area contributed by atoms with Gasteiger partial charge in [-0.3, -0.25) is 14.5 Å². The van der Waals surface area contributed by atoms with Gasteiger partial charge in [-0.1, -0.05) is 23.8 Å². The molecule has 2 N–H and O–H groups in total. The number of nitrogens with two attached hydrogens (primary N) is 1. The Hall–Kier alpha value is -2.94. The summed E-state index contributed by atoms with van der Waals surface area (Å²) in [6.07, 6.45) is 4.10. The summed E-state index contributed by atoms with van der Waals surface area (Å²) in [5.74, 6) is -0.0597. The fourth-order valence-corrected chi connectivity index (χ4v) is 5.95. The Bertz CT molecular complexity index is 1010. The van der Waals surface area contributed by atoms with Crippen LogP contribution in [0.2, 0.25) is 0 Å². The Morgan fingerprint density at radius 3 is 2.94 bits per heavy atom. The van der Waals surface area contributed by atoms with Crippen molar-refractivity contribution in [3.8, 4) is 6.07 Å². The quantitative estimate of drug-likeness (QED) is 0.745. The Labute approximate surface area is 182 Å². The topological polar surface area (TPSA) is 98.0 Å². The fourth-order valence-electron chi connectivity index (χ4n) is 5.95. The van der Waals surface area contributed by atoms with Crippen LogP contribution in [0.15, 0.2) is 18.2 Å². The lowest BCUT2D eigenvalue weighted by atomic mass is 10.0. The zero-order valence-electron chi connectivity index (χ0n) is 17.4. The first kappa shape index (κ1) is 20.0. The van der Waals surface area contributed by atoms with Crippen LogP contribution in [0.25, 0.3) is 4.85 Å². The zero-order valence-corrected chi connectivity index (χ0v) is 17.4. The van der Waals surface area contributed by atoms with Crippen molar-refractivity contribution in [2.75, 3.05) is 19.6 Å². The van der Waals surface area contributed by atoms with Gasteiger partial charge in [0, 0.05) is 25.7 Å². The maximum atomic E-state index is 13.3. The second-order valence-electron chi connectivity index (χ2n) is 9.08. The van der Waals surface area contributed by atoms with Gasteiger partial charge in [-0.05, 0) is 37.7 Å². The molecule has 0 radical (unpaired) electrons. The molecule has 3 saturated heterocycles. The number of likely N-dealkylation sites (tertiary alicyclic amines) is 3. The Morgan fingerprint density at radius 2 is 2.19 bits per heavy atom. The minimum absolute atomic E-state index is 0.0794. The van der Waals surface area contributed by atoms with E-state index in [1.165, 1.54) is 11.1 Å². The van der Waals surface area contributed by atoms with Crippen LogP contribution in [0.4, 0.5) is 5.69 Å². The Kier molecular flexibility index (Phi) is 4.92. The SMILES string of the molecule is [C-]#[N+]c1ccc2c(c1)CC[C@@H]2N1C(=O)[C@H]2C[C@@H]1CN2C[C@H](N)C(=O)N1CCC[C@H]1C#N. The lowest BCUT2D eigenvalue weighted by molar-refractivity contribution is -0.141. The molecule has 1 aromatic carbocycles. The number of piperazine rings is 1. The third kappa shape index (κ3) is 3.18. The van der Waals surface area contributed by atoms with Crippen molar-refractivity contribution in [2.45, 2.75) is 62.3 Å². The number of carbonyl (C=O) groups excluding carboxylic acids is 2. The molecule has 0 saturated carbocycles. The second-order valence-corrected chi connectivity index (χ2v) is 9.08. The Morgan fingerprint density at radius 1 is 1.35 bits per heavy atom. The van der Waals surface area contributed by atoms with Crippen molar-refractivity contribution in [2.24, 2.45) is 5.73 Å². The lowest BCUT2D eigenvalue weighted by Crippen LogP contribution is -2.56. The van der Waals surface area contributed by atoms with Crippen LogP contribution < -0.4 is 5.73 Å². The molecule has 160 valence electrons. The molecule has 1 aromatic rings. The molecule has 0 aromatic heterocycles. The van der Waals surface area contributed by atoms with Crippen LogP contribution in [0, 0.1) is 17.9 Å². The van der Waals surface area contributed by atoms with Gasteiger partial charge in [0.05, 0.1) is 30.8 Å². The molecule has 1 aliphatic carbocycles. The van der Waals surface area contributed by atoms with E-state index in [-0.39, 0.29) is 36.0 Å². The summed E-state index contributed by atoms with van der Waals surface area (Å²) in [5.41, 5.74) is 9.22. The number of nitriles is 1. The monoisotopic (exact) mass is 418 g/mol. The van der Waals surface area contributed by atoms with Gasteiger partial charge in [0.2, 0.25) is 11.8 Å². The van der Waals surface area contributed by atoms with E-state index in [4.69, 9.17) is 12.3 Å². The maximum Gasteiger partial charge on any atom is 0.241 e. The number of benzene rings is 1. The minimum atomic E-state index is -0.714. The standard InChI is InChI=1S/C23H26N6O2/c1-26-15-5-6-18-14(9-15)4-7-20(18)29-17-10-21(23(29)31)27(12-17)13-19(25)22(30)28-8-2-3-16(28)11-24/h5-6,9,16-17,19-21H,2-4,7-8,10,12-13,25H2/t16-,17+,19-,20-,21+/m0/s1. The Balaban J connectivity index is 1.25. The van der Waals surface area contributed by atoms with Gasteiger partial charge in [-0.2, -0.15) is 5.26 Å². The number of amides is 2. The average Bonchev–Trinajstić information content (AvgIpc) is 3.55.